The number of rotatable bonds is 5. The molecule has 1 aromatic rings. The number of benzene rings is 1. The molecular formula is C14H20N2O4. The molecule has 2 rings (SSSR count). The Bertz CT molecular complexity index is 478. The number of nitrogens with one attached hydrogen (secondary N) is 1. The fraction of sp³-hybridized carbons (Fsp3) is 0.571. The van der Waals surface area contributed by atoms with Crippen LogP contribution in [-0.4, -0.2) is 29.3 Å². The minimum atomic E-state index is -0.545. The van der Waals surface area contributed by atoms with Crippen LogP contribution in [0.15, 0.2) is 18.2 Å². The van der Waals surface area contributed by atoms with E-state index in [0.717, 1.165) is 24.8 Å². The van der Waals surface area contributed by atoms with Crippen LogP contribution in [-0.2, 0) is 6.54 Å². The Hall–Kier alpha value is -1.66. The molecular weight excluding hydrogens is 260 g/mol. The van der Waals surface area contributed by atoms with Crippen molar-refractivity contribution in [3.8, 4) is 5.75 Å². The van der Waals surface area contributed by atoms with E-state index in [1.165, 1.54) is 6.07 Å². The van der Waals surface area contributed by atoms with E-state index >= 15 is 0 Å². The summed E-state index contributed by atoms with van der Waals surface area (Å²) in [6.45, 7) is 0.613. The predicted octanol–water partition coefficient (Wildman–Crippen LogP) is 2.00. The average molecular weight is 280 g/mol. The third-order valence-corrected chi connectivity index (χ3v) is 3.55. The number of aliphatic hydroxyl groups is 1. The van der Waals surface area contributed by atoms with Crippen LogP contribution < -0.4 is 10.1 Å². The lowest BCUT2D eigenvalue weighted by Crippen LogP contribution is -2.34. The summed E-state index contributed by atoms with van der Waals surface area (Å²) in [6, 6.07) is 4.84. The Morgan fingerprint density at radius 3 is 2.85 bits per heavy atom. The Labute approximate surface area is 117 Å². The Balaban J connectivity index is 2.22. The highest BCUT2D eigenvalue weighted by Crippen LogP contribution is 2.32. The molecule has 6 nitrogen and oxygen atoms in total. The second-order valence-corrected chi connectivity index (χ2v) is 5.10. The van der Waals surface area contributed by atoms with E-state index in [0.29, 0.717) is 13.0 Å². The van der Waals surface area contributed by atoms with Crippen LogP contribution in [0.5, 0.6) is 5.75 Å². The van der Waals surface area contributed by atoms with Gasteiger partial charge in [0.15, 0.2) is 5.75 Å². The smallest absolute Gasteiger partial charge is 0.310 e. The van der Waals surface area contributed by atoms with E-state index in [4.69, 9.17) is 4.74 Å². The topological polar surface area (TPSA) is 84.6 Å². The van der Waals surface area contributed by atoms with Crippen molar-refractivity contribution in [3.05, 3.63) is 33.9 Å². The zero-order valence-electron chi connectivity index (χ0n) is 11.5. The molecule has 0 radical (unpaired) electrons. The van der Waals surface area contributed by atoms with Crippen LogP contribution in [0.1, 0.15) is 31.2 Å². The molecule has 0 aliphatic heterocycles. The Kier molecular flexibility index (Phi) is 4.92. The normalized spacial score (nSPS) is 22.5. The number of hydrogen-bond donors (Lipinski definition) is 2. The van der Waals surface area contributed by atoms with Crippen LogP contribution >= 0.6 is 0 Å². The Morgan fingerprint density at radius 2 is 2.20 bits per heavy atom. The Morgan fingerprint density at radius 1 is 1.45 bits per heavy atom. The molecule has 0 heterocycles. The zero-order chi connectivity index (χ0) is 14.5. The molecule has 0 aromatic heterocycles. The minimum Gasteiger partial charge on any atom is -0.481 e. The fourth-order valence-corrected chi connectivity index (χ4v) is 2.50. The molecule has 2 unspecified atom stereocenters. The van der Waals surface area contributed by atoms with Crippen molar-refractivity contribution in [2.45, 2.75) is 44.4 Å². The average Bonchev–Trinajstić information content (AvgIpc) is 2.42. The first-order chi connectivity index (χ1) is 9.61. The lowest BCUT2D eigenvalue weighted by molar-refractivity contribution is -0.386. The second-order valence-electron chi connectivity index (χ2n) is 5.10. The fourth-order valence-electron chi connectivity index (χ4n) is 2.50. The van der Waals surface area contributed by atoms with Gasteiger partial charge in [-0.15, -0.1) is 0 Å². The van der Waals surface area contributed by atoms with Gasteiger partial charge in [0, 0.05) is 12.6 Å². The van der Waals surface area contributed by atoms with Gasteiger partial charge < -0.3 is 15.2 Å². The zero-order valence-corrected chi connectivity index (χ0v) is 11.5. The highest BCUT2D eigenvalue weighted by Gasteiger charge is 2.27. The molecule has 20 heavy (non-hydrogen) atoms. The molecule has 2 N–H and O–H groups in total. The molecule has 6 heteroatoms. The first-order valence-corrected chi connectivity index (χ1v) is 6.88. The first kappa shape index (κ1) is 14.7. The maximum Gasteiger partial charge on any atom is 0.310 e. The van der Waals surface area contributed by atoms with Crippen LogP contribution in [0, 0.1) is 10.1 Å². The first-order valence-electron chi connectivity index (χ1n) is 6.88. The molecule has 1 aromatic carbocycles. The molecule has 1 fully saturated rings. The summed E-state index contributed by atoms with van der Waals surface area (Å²) in [7, 11) is 1.81. The highest BCUT2D eigenvalue weighted by molar-refractivity contribution is 5.48. The van der Waals surface area contributed by atoms with Crippen molar-refractivity contribution in [2.24, 2.45) is 0 Å². The number of nitro benzene ring substituents is 1. The van der Waals surface area contributed by atoms with E-state index in [1.807, 2.05) is 7.05 Å². The van der Waals surface area contributed by atoms with Crippen molar-refractivity contribution in [3.63, 3.8) is 0 Å². The van der Waals surface area contributed by atoms with Crippen LogP contribution in [0.2, 0.25) is 0 Å². The van der Waals surface area contributed by atoms with E-state index in [-0.39, 0.29) is 17.5 Å². The summed E-state index contributed by atoms with van der Waals surface area (Å²) in [4.78, 5) is 10.6. The maximum absolute atomic E-state index is 11.1. The highest BCUT2D eigenvalue weighted by atomic mass is 16.6. The summed E-state index contributed by atoms with van der Waals surface area (Å²) in [5.74, 6) is 0.244. The summed E-state index contributed by atoms with van der Waals surface area (Å²) in [6.07, 6.45) is 2.47. The number of nitro groups is 1. The van der Waals surface area contributed by atoms with Crippen LogP contribution in [0.25, 0.3) is 0 Å². The summed E-state index contributed by atoms with van der Waals surface area (Å²) < 4.78 is 5.73. The summed E-state index contributed by atoms with van der Waals surface area (Å²) in [5, 5.41) is 24.0. The number of ether oxygens (including phenoxy) is 1. The van der Waals surface area contributed by atoms with E-state index < -0.39 is 11.0 Å². The van der Waals surface area contributed by atoms with E-state index in [2.05, 4.69) is 5.32 Å². The van der Waals surface area contributed by atoms with E-state index in [9.17, 15) is 15.2 Å². The van der Waals surface area contributed by atoms with Gasteiger partial charge in [0.2, 0.25) is 0 Å². The van der Waals surface area contributed by atoms with Crippen molar-refractivity contribution >= 4 is 5.69 Å². The lowest BCUT2D eigenvalue weighted by atomic mass is 9.95. The van der Waals surface area contributed by atoms with Gasteiger partial charge in [0.1, 0.15) is 6.10 Å². The largest absolute Gasteiger partial charge is 0.481 e. The molecule has 0 bridgehead atoms. The van der Waals surface area contributed by atoms with Crippen molar-refractivity contribution in [1.29, 1.82) is 0 Å². The summed E-state index contributed by atoms with van der Waals surface area (Å²) in [5.41, 5.74) is 0.862. The third-order valence-electron chi connectivity index (χ3n) is 3.55. The molecule has 2 atom stereocenters. The molecule has 110 valence electrons. The van der Waals surface area contributed by atoms with Gasteiger partial charge in [-0.1, -0.05) is 12.5 Å². The van der Waals surface area contributed by atoms with Gasteiger partial charge in [-0.05, 0) is 37.9 Å². The van der Waals surface area contributed by atoms with Crippen LogP contribution in [0.3, 0.4) is 0 Å². The van der Waals surface area contributed by atoms with Crippen molar-refractivity contribution in [2.75, 3.05) is 7.05 Å². The molecule has 0 spiro atoms. The van der Waals surface area contributed by atoms with Gasteiger partial charge in [-0.3, -0.25) is 10.1 Å². The molecule has 0 amide bonds. The van der Waals surface area contributed by atoms with Crippen molar-refractivity contribution < 1.29 is 14.8 Å². The van der Waals surface area contributed by atoms with Gasteiger partial charge in [-0.25, -0.2) is 0 Å². The number of hydrogen-bond acceptors (Lipinski definition) is 5. The number of nitrogens with zero attached hydrogens (tertiary/aromatic N) is 1. The molecule has 1 saturated carbocycles. The standard InChI is InChI=1S/C14H20N2O4/c1-15-9-10-6-7-11(16(18)19)14(8-10)20-13-5-3-2-4-12(13)17/h6-8,12-13,15,17H,2-5,9H2,1H3. The molecule has 1 aliphatic rings. The second kappa shape index (κ2) is 6.67. The number of aliphatic hydroxyl groups excluding tert-OH is 1. The molecule has 1 aliphatic carbocycles. The minimum absolute atomic E-state index is 0.0531. The third kappa shape index (κ3) is 3.46. The SMILES string of the molecule is CNCc1ccc([N+](=O)[O-])c(OC2CCCCC2O)c1. The van der Waals surface area contributed by atoms with Gasteiger partial charge in [0.05, 0.1) is 11.0 Å². The monoisotopic (exact) mass is 280 g/mol. The van der Waals surface area contributed by atoms with Gasteiger partial charge >= 0.3 is 5.69 Å². The predicted molar refractivity (Wildman–Crippen MR) is 74.8 cm³/mol. The van der Waals surface area contributed by atoms with Gasteiger partial charge in [-0.2, -0.15) is 0 Å². The molecule has 0 saturated heterocycles. The lowest BCUT2D eigenvalue weighted by Gasteiger charge is -2.28. The maximum atomic E-state index is 11.1. The quantitative estimate of drug-likeness (QED) is 0.636. The summed E-state index contributed by atoms with van der Waals surface area (Å²) >= 11 is 0. The van der Waals surface area contributed by atoms with Gasteiger partial charge in [0.25, 0.3) is 0 Å². The van der Waals surface area contributed by atoms with Crippen molar-refractivity contribution in [1.82, 2.24) is 5.32 Å². The van der Waals surface area contributed by atoms with E-state index in [1.54, 1.807) is 12.1 Å². The van der Waals surface area contributed by atoms with Crippen LogP contribution in [0.4, 0.5) is 5.69 Å².